The van der Waals surface area contributed by atoms with Crippen molar-refractivity contribution < 1.29 is 9.90 Å². The van der Waals surface area contributed by atoms with Crippen LogP contribution in [0.25, 0.3) is 0 Å². The lowest BCUT2D eigenvalue weighted by molar-refractivity contribution is 0.0735. The average Bonchev–Trinajstić information content (AvgIpc) is 3.24. The second-order valence-corrected chi connectivity index (χ2v) is 6.97. The van der Waals surface area contributed by atoms with E-state index in [0.717, 1.165) is 25.7 Å². The molecule has 2 aromatic rings. The van der Waals surface area contributed by atoms with Crippen LogP contribution in [0.3, 0.4) is 0 Å². The molecule has 3 N–H and O–H groups in total. The lowest BCUT2D eigenvalue weighted by Gasteiger charge is -2.31. The number of carbonyl (C=O) groups is 1. The van der Waals surface area contributed by atoms with Crippen LogP contribution in [-0.2, 0) is 5.60 Å². The molecule has 8 nitrogen and oxygen atoms in total. The molecule has 1 saturated carbocycles. The van der Waals surface area contributed by atoms with Gasteiger partial charge < -0.3 is 15.4 Å². The Balaban J connectivity index is 1.76. The number of hydrogen-bond donors (Lipinski definition) is 3. The molecule has 0 aliphatic heterocycles. The topological polar surface area (TPSA) is 120 Å². The van der Waals surface area contributed by atoms with Gasteiger partial charge in [-0.2, -0.15) is 5.26 Å². The predicted octanol–water partition coefficient (Wildman–Crippen LogP) is 1.62. The van der Waals surface area contributed by atoms with Gasteiger partial charge in [0.1, 0.15) is 28.8 Å². The van der Waals surface area contributed by atoms with E-state index < -0.39 is 5.60 Å². The van der Waals surface area contributed by atoms with Crippen molar-refractivity contribution in [2.45, 2.75) is 57.2 Å². The summed E-state index contributed by atoms with van der Waals surface area (Å²) in [6, 6.07) is 5.08. The zero-order valence-electron chi connectivity index (χ0n) is 14.4. The van der Waals surface area contributed by atoms with Gasteiger partial charge in [0.15, 0.2) is 0 Å². The van der Waals surface area contributed by atoms with Crippen LogP contribution in [0.5, 0.6) is 0 Å². The molecule has 25 heavy (non-hydrogen) atoms. The zero-order valence-corrected chi connectivity index (χ0v) is 14.4. The van der Waals surface area contributed by atoms with Crippen LogP contribution in [0, 0.1) is 11.3 Å². The summed E-state index contributed by atoms with van der Waals surface area (Å²) in [5, 5.41) is 30.2. The summed E-state index contributed by atoms with van der Waals surface area (Å²) in [6.07, 6.45) is 5.56. The summed E-state index contributed by atoms with van der Waals surface area (Å²) in [7, 11) is 0. The van der Waals surface area contributed by atoms with Crippen molar-refractivity contribution in [3.63, 3.8) is 0 Å². The molecule has 2 atom stereocenters. The number of aromatic nitrogens is 4. The molecule has 3 rings (SSSR count). The average molecular weight is 342 g/mol. The van der Waals surface area contributed by atoms with Crippen LogP contribution in [0.1, 0.15) is 67.4 Å². The summed E-state index contributed by atoms with van der Waals surface area (Å²) in [4.78, 5) is 15.2. The van der Waals surface area contributed by atoms with E-state index in [2.05, 4.69) is 20.6 Å². The maximum absolute atomic E-state index is 12.4. The highest BCUT2D eigenvalue weighted by Crippen LogP contribution is 2.29. The van der Waals surface area contributed by atoms with Gasteiger partial charge in [0.05, 0.1) is 18.3 Å². The second kappa shape index (κ2) is 6.69. The molecule has 2 aromatic heterocycles. The highest BCUT2D eigenvalue weighted by Gasteiger charge is 2.31. The Hall–Kier alpha value is -2.66. The van der Waals surface area contributed by atoms with Gasteiger partial charge in [-0.15, -0.1) is 5.10 Å². The normalized spacial score (nSPS) is 20.9. The number of aromatic amines is 1. The van der Waals surface area contributed by atoms with Crippen LogP contribution in [0.4, 0.5) is 0 Å². The van der Waals surface area contributed by atoms with Crippen molar-refractivity contribution in [2.75, 3.05) is 0 Å². The van der Waals surface area contributed by atoms with E-state index in [4.69, 9.17) is 5.26 Å². The van der Waals surface area contributed by atoms with Crippen molar-refractivity contribution in [1.82, 2.24) is 25.3 Å². The van der Waals surface area contributed by atoms with Crippen LogP contribution in [0.15, 0.2) is 18.3 Å². The molecule has 1 aliphatic rings. The van der Waals surface area contributed by atoms with Gasteiger partial charge in [-0.3, -0.25) is 4.79 Å². The number of hydrogen-bond acceptors (Lipinski definition) is 5. The van der Waals surface area contributed by atoms with Crippen molar-refractivity contribution in [1.29, 1.82) is 5.26 Å². The van der Waals surface area contributed by atoms with Gasteiger partial charge in [0.25, 0.3) is 5.91 Å². The zero-order chi connectivity index (χ0) is 18.0. The summed E-state index contributed by atoms with van der Waals surface area (Å²) in [5.41, 5.74) is 0.183. The highest BCUT2D eigenvalue weighted by atomic mass is 16.3. The fourth-order valence-electron chi connectivity index (χ4n) is 3.15. The first-order chi connectivity index (χ1) is 11.9. The van der Waals surface area contributed by atoms with Crippen molar-refractivity contribution in [3.8, 4) is 6.07 Å². The fraction of sp³-hybridized carbons (Fsp3) is 0.529. The van der Waals surface area contributed by atoms with Gasteiger partial charge in [0.2, 0.25) is 0 Å². The van der Waals surface area contributed by atoms with Gasteiger partial charge in [-0.1, -0.05) is 18.1 Å². The second-order valence-electron chi connectivity index (χ2n) is 6.97. The third kappa shape index (κ3) is 3.72. The van der Waals surface area contributed by atoms with Gasteiger partial charge >= 0.3 is 0 Å². The van der Waals surface area contributed by atoms with Gasteiger partial charge in [0, 0.05) is 0 Å². The Labute approximate surface area is 145 Å². The number of H-pyrrole nitrogens is 1. The lowest BCUT2D eigenvalue weighted by Crippen LogP contribution is -2.43. The summed E-state index contributed by atoms with van der Waals surface area (Å²) in [6.45, 7) is 3.33. The smallest absolute Gasteiger partial charge is 0.268 e. The number of nitrogens with one attached hydrogen (secondary N) is 2. The van der Waals surface area contributed by atoms with Crippen molar-refractivity contribution in [2.24, 2.45) is 0 Å². The number of carbonyl (C=O) groups excluding carboxylic acids is 1. The SMILES string of the molecule is CC(C)(O)c1cn([C@@H]2CCCC[C@@H]2NC(=O)c2ccc(C#N)[nH]2)nn1. The minimum atomic E-state index is -1.05. The first-order valence-electron chi connectivity index (χ1n) is 8.43. The number of nitrogens with zero attached hydrogens (tertiary/aromatic N) is 4. The highest BCUT2D eigenvalue weighted by molar-refractivity contribution is 5.92. The Kier molecular flexibility index (Phi) is 4.59. The van der Waals surface area contributed by atoms with Crippen LogP contribution >= 0.6 is 0 Å². The van der Waals surface area contributed by atoms with Crippen LogP contribution < -0.4 is 5.32 Å². The number of amides is 1. The molecular weight excluding hydrogens is 320 g/mol. The molecule has 0 bridgehead atoms. The van der Waals surface area contributed by atoms with Crippen molar-refractivity contribution >= 4 is 5.91 Å². The molecule has 1 fully saturated rings. The molecule has 8 heteroatoms. The summed E-state index contributed by atoms with van der Waals surface area (Å²) in [5.74, 6) is -0.235. The minimum Gasteiger partial charge on any atom is -0.384 e. The molecule has 0 spiro atoms. The first kappa shape index (κ1) is 17.2. The number of aliphatic hydroxyl groups is 1. The third-order valence-electron chi connectivity index (χ3n) is 4.57. The largest absolute Gasteiger partial charge is 0.384 e. The standard InChI is InChI=1S/C17H22N6O2/c1-17(2,25)15-10-23(22-21-15)14-6-4-3-5-12(14)20-16(24)13-8-7-11(9-18)19-13/h7-8,10,12,14,19,25H,3-6H2,1-2H3,(H,20,24)/t12-,14+/m0/s1. The van der Waals surface area contributed by atoms with Crippen LogP contribution in [0.2, 0.25) is 0 Å². The van der Waals surface area contributed by atoms with Gasteiger partial charge in [-0.05, 0) is 38.8 Å². The van der Waals surface area contributed by atoms with E-state index in [-0.39, 0.29) is 18.0 Å². The van der Waals surface area contributed by atoms with E-state index in [1.165, 1.54) is 0 Å². The maximum Gasteiger partial charge on any atom is 0.268 e. The minimum absolute atomic E-state index is 0.00769. The predicted molar refractivity (Wildman–Crippen MR) is 89.5 cm³/mol. The summed E-state index contributed by atoms with van der Waals surface area (Å²) >= 11 is 0. The van der Waals surface area contributed by atoms with E-state index in [9.17, 15) is 9.90 Å². The Bertz CT molecular complexity index is 795. The molecule has 1 amide bonds. The van der Waals surface area contributed by atoms with Gasteiger partial charge in [-0.25, -0.2) is 4.68 Å². The molecule has 1 aliphatic carbocycles. The molecule has 0 radical (unpaired) electrons. The molecule has 2 heterocycles. The molecule has 0 saturated heterocycles. The Morgan fingerprint density at radius 3 is 2.84 bits per heavy atom. The Morgan fingerprint density at radius 1 is 1.44 bits per heavy atom. The number of rotatable bonds is 4. The maximum atomic E-state index is 12.4. The van der Waals surface area contributed by atoms with Crippen LogP contribution in [-0.4, -0.2) is 37.0 Å². The quantitative estimate of drug-likeness (QED) is 0.780. The summed E-state index contributed by atoms with van der Waals surface area (Å²) < 4.78 is 1.74. The molecule has 0 aromatic carbocycles. The molecular formula is C17H22N6O2. The lowest BCUT2D eigenvalue weighted by atomic mass is 9.90. The van der Waals surface area contributed by atoms with Crippen molar-refractivity contribution in [3.05, 3.63) is 35.4 Å². The van der Waals surface area contributed by atoms with E-state index in [1.54, 1.807) is 36.9 Å². The van der Waals surface area contributed by atoms with E-state index >= 15 is 0 Å². The van der Waals surface area contributed by atoms with E-state index in [1.807, 2.05) is 6.07 Å². The number of nitriles is 1. The monoisotopic (exact) mass is 342 g/mol. The van der Waals surface area contributed by atoms with E-state index in [0.29, 0.717) is 17.1 Å². The first-order valence-corrected chi connectivity index (χ1v) is 8.43. The molecule has 0 unspecified atom stereocenters. The fourth-order valence-corrected chi connectivity index (χ4v) is 3.15. The Morgan fingerprint density at radius 2 is 2.20 bits per heavy atom. The third-order valence-corrected chi connectivity index (χ3v) is 4.57. The molecule has 132 valence electrons.